The van der Waals surface area contributed by atoms with Gasteiger partial charge in [0.05, 0.1) is 24.9 Å². The van der Waals surface area contributed by atoms with Gasteiger partial charge < -0.3 is 14.6 Å². The van der Waals surface area contributed by atoms with Crippen molar-refractivity contribution in [1.29, 1.82) is 0 Å². The molecule has 0 aliphatic carbocycles. The lowest BCUT2D eigenvalue weighted by molar-refractivity contribution is -0.0412. The summed E-state index contributed by atoms with van der Waals surface area (Å²) in [6.07, 6.45) is 2.94. The molecule has 2 heterocycles. The summed E-state index contributed by atoms with van der Waals surface area (Å²) in [5, 5.41) is 9.10. The van der Waals surface area contributed by atoms with Gasteiger partial charge in [-0.1, -0.05) is 0 Å². The van der Waals surface area contributed by atoms with Crippen molar-refractivity contribution in [3.05, 3.63) is 29.3 Å². The summed E-state index contributed by atoms with van der Waals surface area (Å²) < 4.78 is 11.2. The van der Waals surface area contributed by atoms with Crippen molar-refractivity contribution in [1.82, 2.24) is 4.90 Å². The second-order valence-electron chi connectivity index (χ2n) is 5.48. The molecule has 1 aromatic rings. The van der Waals surface area contributed by atoms with Crippen LogP contribution in [0.4, 0.5) is 0 Å². The van der Waals surface area contributed by atoms with Gasteiger partial charge in [0.2, 0.25) is 0 Å². The van der Waals surface area contributed by atoms with E-state index in [2.05, 4.69) is 4.90 Å². The van der Waals surface area contributed by atoms with E-state index in [0.717, 1.165) is 37.2 Å². The van der Waals surface area contributed by atoms with E-state index in [1.807, 2.05) is 0 Å². The van der Waals surface area contributed by atoms with Crippen LogP contribution in [0.15, 0.2) is 18.2 Å². The van der Waals surface area contributed by atoms with Gasteiger partial charge in [-0.2, -0.15) is 0 Å². The summed E-state index contributed by atoms with van der Waals surface area (Å²) in [6.45, 7) is 2.54. The van der Waals surface area contributed by atoms with Crippen LogP contribution in [0.3, 0.4) is 0 Å². The molecule has 5 heteroatoms. The quantitative estimate of drug-likeness (QED) is 0.908. The number of methoxy groups -OCH3 is 1. The van der Waals surface area contributed by atoms with Crippen LogP contribution < -0.4 is 4.74 Å². The third kappa shape index (κ3) is 2.64. The topological polar surface area (TPSA) is 59.0 Å². The Morgan fingerprint density at radius 2 is 2.10 bits per heavy atom. The van der Waals surface area contributed by atoms with Crippen molar-refractivity contribution >= 4 is 5.97 Å². The number of likely N-dealkylation sites (tertiary alicyclic amines) is 1. The minimum atomic E-state index is -0.907. The summed E-state index contributed by atoms with van der Waals surface area (Å²) in [4.78, 5) is 13.4. The first-order chi connectivity index (χ1) is 9.65. The number of aromatic carboxylic acids is 1. The number of morpholine rings is 1. The number of rotatable bonds is 4. The lowest BCUT2D eigenvalue weighted by Crippen LogP contribution is -2.42. The Labute approximate surface area is 118 Å². The summed E-state index contributed by atoms with van der Waals surface area (Å²) in [7, 11) is 1.61. The molecule has 0 radical (unpaired) electrons. The highest BCUT2D eigenvalue weighted by molar-refractivity contribution is 5.88. The van der Waals surface area contributed by atoms with Gasteiger partial charge >= 0.3 is 5.97 Å². The maximum absolute atomic E-state index is 11.1. The van der Waals surface area contributed by atoms with E-state index >= 15 is 0 Å². The van der Waals surface area contributed by atoms with Crippen LogP contribution in [-0.4, -0.2) is 48.4 Å². The Kier molecular flexibility index (Phi) is 3.63. The highest BCUT2D eigenvalue weighted by atomic mass is 16.5. The van der Waals surface area contributed by atoms with Crippen molar-refractivity contribution < 1.29 is 19.4 Å². The first-order valence-corrected chi connectivity index (χ1v) is 6.93. The van der Waals surface area contributed by atoms with Crippen molar-refractivity contribution in [2.45, 2.75) is 31.6 Å². The Balaban J connectivity index is 1.78. The number of fused-ring (bicyclic) bond motifs is 2. The fourth-order valence-electron chi connectivity index (χ4n) is 3.10. The molecular formula is C15H19NO4. The minimum absolute atomic E-state index is 0.303. The molecule has 20 heavy (non-hydrogen) atoms. The molecule has 3 rings (SSSR count). The smallest absolute Gasteiger partial charge is 0.335 e. The van der Waals surface area contributed by atoms with Crippen LogP contribution in [-0.2, 0) is 11.3 Å². The molecule has 2 aliphatic rings. The fraction of sp³-hybridized carbons (Fsp3) is 0.533. The van der Waals surface area contributed by atoms with Crippen molar-refractivity contribution in [2.75, 3.05) is 20.2 Å². The van der Waals surface area contributed by atoms with Gasteiger partial charge in [0.25, 0.3) is 0 Å². The number of carboxylic acid groups (broad SMARTS) is 1. The Hall–Kier alpha value is -1.59. The zero-order chi connectivity index (χ0) is 14.1. The predicted octanol–water partition coefficient (Wildman–Crippen LogP) is 1.76. The van der Waals surface area contributed by atoms with Gasteiger partial charge in [-0.05, 0) is 31.0 Å². The number of nitrogens with zero attached hydrogens (tertiary/aromatic N) is 1. The zero-order valence-corrected chi connectivity index (χ0v) is 11.5. The van der Waals surface area contributed by atoms with Gasteiger partial charge in [-0.25, -0.2) is 4.79 Å². The van der Waals surface area contributed by atoms with E-state index in [1.54, 1.807) is 25.3 Å². The first-order valence-electron chi connectivity index (χ1n) is 6.93. The molecular weight excluding hydrogens is 258 g/mol. The number of benzene rings is 1. The molecule has 5 nitrogen and oxygen atoms in total. The van der Waals surface area contributed by atoms with E-state index in [9.17, 15) is 4.79 Å². The van der Waals surface area contributed by atoms with Crippen LogP contribution in [0.5, 0.6) is 5.75 Å². The lowest BCUT2D eigenvalue weighted by atomic mass is 10.1. The maximum atomic E-state index is 11.1. The number of hydrogen-bond donors (Lipinski definition) is 1. The number of ether oxygens (including phenoxy) is 2. The van der Waals surface area contributed by atoms with Crippen LogP contribution >= 0.6 is 0 Å². The molecule has 0 aromatic heterocycles. The van der Waals surface area contributed by atoms with Crippen LogP contribution in [0.2, 0.25) is 0 Å². The minimum Gasteiger partial charge on any atom is -0.496 e. The summed E-state index contributed by atoms with van der Waals surface area (Å²) in [5.41, 5.74) is 1.23. The third-order valence-corrected chi connectivity index (χ3v) is 4.04. The molecule has 0 spiro atoms. The molecule has 2 unspecified atom stereocenters. The van der Waals surface area contributed by atoms with Crippen molar-refractivity contribution in [2.24, 2.45) is 0 Å². The monoisotopic (exact) mass is 277 g/mol. The molecule has 1 N–H and O–H groups in total. The van der Waals surface area contributed by atoms with E-state index < -0.39 is 5.97 Å². The third-order valence-electron chi connectivity index (χ3n) is 4.04. The molecule has 2 saturated heterocycles. The Bertz CT molecular complexity index is 505. The van der Waals surface area contributed by atoms with Crippen molar-refractivity contribution in [3.63, 3.8) is 0 Å². The van der Waals surface area contributed by atoms with Crippen LogP contribution in [0, 0.1) is 0 Å². The molecule has 2 fully saturated rings. The summed E-state index contributed by atoms with van der Waals surface area (Å²) in [5.74, 6) is -0.162. The molecule has 108 valence electrons. The maximum Gasteiger partial charge on any atom is 0.335 e. The first kappa shape index (κ1) is 13.4. The van der Waals surface area contributed by atoms with Gasteiger partial charge in [-0.3, -0.25) is 4.90 Å². The SMILES string of the molecule is COc1ccc(C(=O)O)cc1CN1CC2CCC(C1)O2. The summed E-state index contributed by atoms with van der Waals surface area (Å²) in [6, 6.07) is 5.01. The average molecular weight is 277 g/mol. The zero-order valence-electron chi connectivity index (χ0n) is 11.5. The number of hydrogen-bond acceptors (Lipinski definition) is 4. The van der Waals surface area contributed by atoms with E-state index in [1.165, 1.54) is 0 Å². The number of carboxylic acids is 1. The molecule has 2 atom stereocenters. The lowest BCUT2D eigenvalue weighted by Gasteiger charge is -2.32. The van der Waals surface area contributed by atoms with Crippen LogP contribution in [0.1, 0.15) is 28.8 Å². The van der Waals surface area contributed by atoms with E-state index in [0.29, 0.717) is 24.3 Å². The molecule has 2 aliphatic heterocycles. The van der Waals surface area contributed by atoms with E-state index in [4.69, 9.17) is 14.6 Å². The second kappa shape index (κ2) is 5.42. The van der Waals surface area contributed by atoms with Crippen LogP contribution in [0.25, 0.3) is 0 Å². The largest absolute Gasteiger partial charge is 0.496 e. The highest BCUT2D eigenvalue weighted by Gasteiger charge is 2.33. The van der Waals surface area contributed by atoms with Gasteiger partial charge in [0, 0.05) is 25.2 Å². The number of carbonyl (C=O) groups is 1. The van der Waals surface area contributed by atoms with E-state index in [-0.39, 0.29) is 0 Å². The fourth-order valence-corrected chi connectivity index (χ4v) is 3.10. The molecule has 0 amide bonds. The standard InChI is InChI=1S/C15H19NO4/c1-19-14-5-2-10(15(17)18)6-11(14)7-16-8-12-3-4-13(9-16)20-12/h2,5-6,12-13H,3-4,7-9H2,1H3,(H,17,18). The van der Waals surface area contributed by atoms with Crippen molar-refractivity contribution in [3.8, 4) is 5.75 Å². The normalized spacial score (nSPS) is 25.6. The Morgan fingerprint density at radius 3 is 2.70 bits per heavy atom. The summed E-state index contributed by atoms with van der Waals surface area (Å²) >= 11 is 0. The molecule has 1 aromatic carbocycles. The molecule has 2 bridgehead atoms. The Morgan fingerprint density at radius 1 is 1.40 bits per heavy atom. The highest BCUT2D eigenvalue weighted by Crippen LogP contribution is 2.29. The van der Waals surface area contributed by atoms with Gasteiger partial charge in [0.15, 0.2) is 0 Å². The molecule has 0 saturated carbocycles. The second-order valence-corrected chi connectivity index (χ2v) is 5.48. The van der Waals surface area contributed by atoms with Gasteiger partial charge in [-0.15, -0.1) is 0 Å². The average Bonchev–Trinajstić information content (AvgIpc) is 2.78. The predicted molar refractivity (Wildman–Crippen MR) is 73.1 cm³/mol. The van der Waals surface area contributed by atoms with Gasteiger partial charge in [0.1, 0.15) is 5.75 Å².